The number of hydrogen-bond donors (Lipinski definition) is 4. The van der Waals surface area contributed by atoms with E-state index in [-0.39, 0.29) is 17.7 Å². The van der Waals surface area contributed by atoms with E-state index >= 15 is 0 Å². The molecule has 1 aromatic carbocycles. The average molecular weight is 643 g/mol. The Bertz CT molecular complexity index is 1190. The highest BCUT2D eigenvalue weighted by Crippen LogP contribution is 2.18. The molecule has 0 bridgehead atoms. The van der Waals surface area contributed by atoms with Gasteiger partial charge in [0.1, 0.15) is 23.6 Å². The van der Waals surface area contributed by atoms with E-state index in [2.05, 4.69) is 46.8 Å². The zero-order valence-electron chi connectivity index (χ0n) is 22.9. The van der Waals surface area contributed by atoms with E-state index in [0.717, 1.165) is 23.1 Å². The molecule has 3 rings (SSSR count). The van der Waals surface area contributed by atoms with Gasteiger partial charge in [0.2, 0.25) is 0 Å². The lowest BCUT2D eigenvalue weighted by Crippen LogP contribution is -2.38. The number of alkyl halides is 4. The predicted octanol–water partition coefficient (Wildman–Crippen LogP) is 4.23. The van der Waals surface area contributed by atoms with Crippen molar-refractivity contribution in [3.8, 4) is 5.75 Å². The van der Waals surface area contributed by atoms with Crippen molar-refractivity contribution in [1.82, 2.24) is 15.6 Å². The summed E-state index contributed by atoms with van der Waals surface area (Å²) in [4.78, 5) is 25.0. The predicted molar refractivity (Wildman–Crippen MR) is 155 cm³/mol. The van der Waals surface area contributed by atoms with Gasteiger partial charge in [-0.05, 0) is 48.2 Å². The number of amides is 1. The monoisotopic (exact) mass is 641 g/mol. The first kappa shape index (κ1) is 32.3. The highest BCUT2D eigenvalue weighted by Gasteiger charge is 2.30. The first-order valence-electron chi connectivity index (χ1n) is 13.0. The number of aliphatic imine (C=N–C) groups is 2. The minimum Gasteiger partial charge on any atom is -0.494 e. The van der Waals surface area contributed by atoms with Gasteiger partial charge in [-0.15, -0.1) is 0 Å². The Morgan fingerprint density at radius 3 is 2.54 bits per heavy atom. The summed E-state index contributed by atoms with van der Waals surface area (Å²) in [6.45, 7) is 4.20. The number of carbonyl (C=O) groups is 1. The Morgan fingerprint density at radius 2 is 1.90 bits per heavy atom. The van der Waals surface area contributed by atoms with E-state index in [1.165, 1.54) is 6.20 Å². The van der Waals surface area contributed by atoms with E-state index in [1.54, 1.807) is 12.1 Å². The topological polar surface area (TPSA) is 135 Å². The molecule has 2 heterocycles. The number of benzene rings is 1. The summed E-state index contributed by atoms with van der Waals surface area (Å²) in [5.41, 5.74) is 6.75. The SMILES string of the molecule is CC(C)(CN)CNC(=O)c1ccc(NC2=NC(OCC(F)(F)F)=NC(NCc3ccc(OCCCBr)cc3)C2)nc1. The molecule has 0 fully saturated rings. The highest BCUT2D eigenvalue weighted by atomic mass is 79.9. The number of nitrogens with zero attached hydrogens (tertiary/aromatic N) is 3. The van der Waals surface area contributed by atoms with E-state index < -0.39 is 25.0 Å². The fourth-order valence-corrected chi connectivity index (χ4v) is 3.62. The van der Waals surface area contributed by atoms with Crippen molar-refractivity contribution in [3.05, 3.63) is 53.7 Å². The molecule has 1 unspecified atom stereocenters. The number of pyridine rings is 1. The van der Waals surface area contributed by atoms with Crippen LogP contribution in [-0.4, -0.2) is 66.7 Å². The molecule has 1 aromatic heterocycles. The molecule has 0 saturated heterocycles. The molecule has 1 aliphatic heterocycles. The van der Waals surface area contributed by atoms with Gasteiger partial charge >= 0.3 is 12.2 Å². The van der Waals surface area contributed by atoms with Crippen molar-refractivity contribution >= 4 is 39.5 Å². The summed E-state index contributed by atoms with van der Waals surface area (Å²) in [5.74, 6) is 1.12. The number of hydrogen-bond acceptors (Lipinski definition) is 9. The van der Waals surface area contributed by atoms with E-state index in [4.69, 9.17) is 15.2 Å². The van der Waals surface area contributed by atoms with Gasteiger partial charge in [0, 0.05) is 31.0 Å². The first-order valence-corrected chi connectivity index (χ1v) is 14.2. The van der Waals surface area contributed by atoms with Crippen LogP contribution in [0.4, 0.5) is 19.0 Å². The fourth-order valence-electron chi connectivity index (χ4n) is 3.39. The number of halogens is 4. The van der Waals surface area contributed by atoms with Crippen LogP contribution in [0.3, 0.4) is 0 Å². The molecule has 2 aromatic rings. The van der Waals surface area contributed by atoms with Crippen LogP contribution in [0.15, 0.2) is 52.6 Å². The number of anilines is 1. The van der Waals surface area contributed by atoms with Crippen LogP contribution in [0.5, 0.6) is 5.75 Å². The maximum atomic E-state index is 12.8. The Balaban J connectivity index is 1.62. The normalized spacial score (nSPS) is 15.5. The average Bonchev–Trinajstić information content (AvgIpc) is 2.94. The third kappa shape index (κ3) is 11.7. The van der Waals surface area contributed by atoms with Crippen molar-refractivity contribution in [2.75, 3.05) is 37.0 Å². The second-order valence-corrected chi connectivity index (χ2v) is 10.9. The maximum Gasteiger partial charge on any atom is 0.422 e. The largest absolute Gasteiger partial charge is 0.494 e. The minimum absolute atomic E-state index is 0.241. The Hall–Kier alpha value is -3.23. The summed E-state index contributed by atoms with van der Waals surface area (Å²) >= 11 is 3.36. The van der Waals surface area contributed by atoms with Crippen molar-refractivity contribution in [2.24, 2.45) is 21.1 Å². The van der Waals surface area contributed by atoms with Crippen molar-refractivity contribution < 1.29 is 27.4 Å². The second kappa shape index (κ2) is 15.1. The van der Waals surface area contributed by atoms with Gasteiger partial charge in [-0.3, -0.25) is 10.1 Å². The van der Waals surface area contributed by atoms with Crippen molar-refractivity contribution in [2.45, 2.75) is 45.6 Å². The Kier molecular flexibility index (Phi) is 11.9. The Morgan fingerprint density at radius 1 is 1.15 bits per heavy atom. The molecule has 0 saturated carbocycles. The van der Waals surface area contributed by atoms with Crippen LogP contribution in [-0.2, 0) is 11.3 Å². The van der Waals surface area contributed by atoms with E-state index in [9.17, 15) is 18.0 Å². The highest BCUT2D eigenvalue weighted by molar-refractivity contribution is 9.09. The van der Waals surface area contributed by atoms with Crippen LogP contribution in [0, 0.1) is 5.41 Å². The molecular weight excluding hydrogens is 607 g/mol. The molecule has 10 nitrogen and oxygen atoms in total. The van der Waals surface area contributed by atoms with Gasteiger partial charge in [-0.2, -0.15) is 18.2 Å². The summed E-state index contributed by atoms with van der Waals surface area (Å²) in [6.07, 6.45) is -2.62. The fraction of sp³-hybridized carbons (Fsp3) is 0.481. The number of aromatic nitrogens is 1. The lowest BCUT2D eigenvalue weighted by molar-refractivity contribution is -0.156. The number of nitrogens with two attached hydrogens (primary N) is 1. The molecule has 224 valence electrons. The standard InChI is InChI=1S/C27H35BrF3N7O3/c1-26(2,15-32)16-35-24(39)19-6-9-21(34-14-19)36-23-12-22(37-25(38-23)41-17-27(29,30)31)33-13-18-4-7-20(8-5-18)40-11-3-10-28/h4-9,14,22,33H,3,10-13,15-17,32H2,1-2H3,(H,35,39)(H,34,36,37,38). The van der Waals surface area contributed by atoms with Gasteiger partial charge < -0.3 is 25.8 Å². The van der Waals surface area contributed by atoms with Crippen LogP contribution in [0.25, 0.3) is 0 Å². The van der Waals surface area contributed by atoms with Crippen LogP contribution >= 0.6 is 15.9 Å². The zero-order chi connectivity index (χ0) is 29.9. The molecule has 5 N–H and O–H groups in total. The molecular formula is C27H35BrF3N7O3. The number of nitrogens with one attached hydrogen (secondary N) is 3. The third-order valence-corrected chi connectivity index (χ3v) is 6.40. The quantitative estimate of drug-likeness (QED) is 0.190. The maximum absolute atomic E-state index is 12.8. The van der Waals surface area contributed by atoms with Gasteiger partial charge in [0.05, 0.1) is 12.2 Å². The van der Waals surface area contributed by atoms with Crippen molar-refractivity contribution in [1.29, 1.82) is 0 Å². The molecule has 14 heteroatoms. The third-order valence-electron chi connectivity index (χ3n) is 5.84. The van der Waals surface area contributed by atoms with Crippen LogP contribution in [0.1, 0.15) is 42.6 Å². The van der Waals surface area contributed by atoms with Crippen molar-refractivity contribution in [3.63, 3.8) is 0 Å². The second-order valence-electron chi connectivity index (χ2n) is 10.1. The zero-order valence-corrected chi connectivity index (χ0v) is 24.5. The summed E-state index contributed by atoms with van der Waals surface area (Å²) in [7, 11) is 0. The number of amidine groups is 2. The summed E-state index contributed by atoms with van der Waals surface area (Å²) in [6, 6.07) is 10.3. The summed E-state index contributed by atoms with van der Waals surface area (Å²) < 4.78 is 48.8. The van der Waals surface area contributed by atoms with Crippen LogP contribution < -0.4 is 26.4 Å². The van der Waals surface area contributed by atoms with Crippen LogP contribution in [0.2, 0.25) is 0 Å². The summed E-state index contributed by atoms with van der Waals surface area (Å²) in [5, 5.41) is 9.88. The molecule has 0 radical (unpaired) electrons. The van der Waals surface area contributed by atoms with Gasteiger partial charge in [-0.25, -0.2) is 9.98 Å². The van der Waals surface area contributed by atoms with Gasteiger partial charge in [0.15, 0.2) is 6.61 Å². The van der Waals surface area contributed by atoms with Gasteiger partial charge in [0.25, 0.3) is 5.91 Å². The van der Waals surface area contributed by atoms with E-state index in [1.807, 2.05) is 38.1 Å². The number of carbonyl (C=O) groups excluding carboxylic acids is 1. The molecule has 1 amide bonds. The smallest absolute Gasteiger partial charge is 0.422 e. The minimum atomic E-state index is -4.54. The molecule has 0 spiro atoms. The molecule has 41 heavy (non-hydrogen) atoms. The molecule has 1 aliphatic rings. The molecule has 0 aliphatic carbocycles. The van der Waals surface area contributed by atoms with E-state index in [0.29, 0.717) is 43.5 Å². The lowest BCUT2D eigenvalue weighted by atomic mass is 9.94. The lowest BCUT2D eigenvalue weighted by Gasteiger charge is -2.23. The van der Waals surface area contributed by atoms with Gasteiger partial charge in [-0.1, -0.05) is 41.9 Å². The Labute approximate surface area is 245 Å². The number of rotatable bonds is 13. The number of ether oxygens (including phenoxy) is 2. The first-order chi connectivity index (χ1) is 19.5. The molecule has 1 atom stereocenters.